The van der Waals surface area contributed by atoms with Crippen LogP contribution in [0.15, 0.2) is 30.3 Å². The van der Waals surface area contributed by atoms with E-state index in [4.69, 9.17) is 4.74 Å². The Bertz CT molecular complexity index is 891. The molecule has 1 saturated carbocycles. The van der Waals surface area contributed by atoms with Crippen LogP contribution in [0.25, 0.3) is 11.1 Å². The summed E-state index contributed by atoms with van der Waals surface area (Å²) in [6.45, 7) is 2.78. The minimum absolute atomic E-state index is 0. The number of rotatable bonds is 11. The van der Waals surface area contributed by atoms with Crippen LogP contribution in [0.5, 0.6) is 5.75 Å². The summed E-state index contributed by atoms with van der Waals surface area (Å²) in [6.07, 6.45) is 8.57. The van der Waals surface area contributed by atoms with Gasteiger partial charge in [-0.05, 0) is 76.4 Å². The number of nitrogens with zero attached hydrogens (tertiary/aromatic N) is 3. The van der Waals surface area contributed by atoms with Gasteiger partial charge >= 0.3 is 0 Å². The van der Waals surface area contributed by atoms with Crippen molar-refractivity contribution in [1.29, 1.82) is 0 Å². The van der Waals surface area contributed by atoms with Crippen LogP contribution in [-0.4, -0.2) is 65.5 Å². The van der Waals surface area contributed by atoms with E-state index in [1.165, 1.54) is 19.3 Å². The summed E-state index contributed by atoms with van der Waals surface area (Å²) < 4.78 is 6.17. The fourth-order valence-electron chi connectivity index (χ4n) is 4.18. The van der Waals surface area contributed by atoms with Gasteiger partial charge in [-0.25, -0.2) is 0 Å². The monoisotopic (exact) mass is 526 g/mol. The number of carbonyl (C=O) groups excluding carboxylic acids is 1. The Labute approximate surface area is 221 Å². The Morgan fingerprint density at radius 1 is 1.14 bits per heavy atom. The number of carbonyl (C=O) groups is 1. The Morgan fingerprint density at radius 3 is 2.46 bits per heavy atom. The van der Waals surface area contributed by atoms with E-state index in [-0.39, 0.29) is 43.0 Å². The minimum atomic E-state index is -0.642. The first-order valence-electron chi connectivity index (χ1n) is 12.2. The Hall–Kier alpha value is -1.93. The topological polar surface area (TPSA) is 87.6 Å². The molecule has 1 aliphatic carbocycles. The predicted molar refractivity (Wildman–Crippen MR) is 145 cm³/mol. The quantitative estimate of drug-likeness (QED) is 0.441. The smallest absolute Gasteiger partial charge is 0.271 e. The van der Waals surface area contributed by atoms with Crippen molar-refractivity contribution in [3.8, 4) is 16.9 Å². The predicted octanol–water partition coefficient (Wildman–Crippen LogP) is 4.69. The number of amides is 1. The van der Waals surface area contributed by atoms with Crippen LogP contribution in [0.1, 0.15) is 68.1 Å². The van der Waals surface area contributed by atoms with E-state index < -0.39 is 6.10 Å². The summed E-state index contributed by atoms with van der Waals surface area (Å²) in [5.41, 5.74) is 3.06. The molecular weight excluding hydrogens is 487 g/mol. The molecule has 0 aliphatic heterocycles. The second kappa shape index (κ2) is 15.9. The van der Waals surface area contributed by atoms with Crippen molar-refractivity contribution in [2.45, 2.75) is 70.5 Å². The second-order valence-electron chi connectivity index (χ2n) is 9.22. The van der Waals surface area contributed by atoms with Crippen molar-refractivity contribution in [2.75, 3.05) is 27.2 Å². The lowest BCUT2D eigenvalue weighted by Gasteiger charge is -2.23. The summed E-state index contributed by atoms with van der Waals surface area (Å²) in [5.74, 6) is 0.552. The summed E-state index contributed by atoms with van der Waals surface area (Å²) in [5, 5.41) is 21.4. The number of likely N-dealkylation sites (N-methyl/N-ethyl adjacent to an activating group) is 1. The number of hydrogen-bond acceptors (Lipinski definition) is 6. The van der Waals surface area contributed by atoms with Gasteiger partial charge < -0.3 is 20.1 Å². The van der Waals surface area contributed by atoms with Crippen LogP contribution in [0.4, 0.5) is 0 Å². The molecular formula is C26H40Cl2N4O3. The van der Waals surface area contributed by atoms with Gasteiger partial charge in [-0.15, -0.1) is 29.9 Å². The number of aryl methyl sites for hydroxylation is 1. The Kier molecular flexibility index (Phi) is 14.2. The zero-order valence-electron chi connectivity index (χ0n) is 21.0. The highest BCUT2D eigenvalue weighted by atomic mass is 35.5. The van der Waals surface area contributed by atoms with Crippen molar-refractivity contribution in [1.82, 2.24) is 20.4 Å². The molecule has 3 rings (SSSR count). The molecule has 1 amide bonds. The van der Waals surface area contributed by atoms with Crippen molar-refractivity contribution >= 4 is 30.7 Å². The first-order chi connectivity index (χ1) is 16.0. The second-order valence-corrected chi connectivity index (χ2v) is 9.22. The fraction of sp³-hybridized carbons (Fsp3) is 0.577. The lowest BCUT2D eigenvalue weighted by Crippen LogP contribution is -2.38. The summed E-state index contributed by atoms with van der Waals surface area (Å²) >= 11 is 0. The number of nitrogens with one attached hydrogen (secondary N) is 1. The number of aliphatic hydroxyl groups is 1. The maximum absolute atomic E-state index is 12.7. The van der Waals surface area contributed by atoms with E-state index in [1.54, 1.807) is 0 Å². The average molecular weight is 528 g/mol. The van der Waals surface area contributed by atoms with E-state index >= 15 is 0 Å². The van der Waals surface area contributed by atoms with Gasteiger partial charge in [-0.3, -0.25) is 4.79 Å². The molecule has 0 unspecified atom stereocenters. The maximum atomic E-state index is 12.7. The largest absolute Gasteiger partial charge is 0.490 e. The van der Waals surface area contributed by atoms with Crippen LogP contribution in [-0.2, 0) is 6.42 Å². The van der Waals surface area contributed by atoms with E-state index in [1.807, 2.05) is 49.3 Å². The Balaban J connectivity index is 0.00000306. The molecule has 2 N–H and O–H groups in total. The first-order valence-corrected chi connectivity index (χ1v) is 12.2. The molecule has 1 aromatic carbocycles. The number of aliphatic hydroxyl groups excluding tert-OH is 1. The normalized spacial score (nSPS) is 14.5. The number of halogens is 2. The number of hydrogen-bond donors (Lipinski definition) is 2. The summed E-state index contributed by atoms with van der Waals surface area (Å²) in [6, 6.07) is 9.89. The van der Waals surface area contributed by atoms with Crippen molar-refractivity contribution in [2.24, 2.45) is 0 Å². The van der Waals surface area contributed by atoms with Gasteiger partial charge in [0.1, 0.15) is 5.75 Å². The van der Waals surface area contributed by atoms with Gasteiger partial charge in [0.2, 0.25) is 0 Å². The molecule has 1 fully saturated rings. The third-order valence-electron chi connectivity index (χ3n) is 5.96. The number of aromatic nitrogens is 2. The van der Waals surface area contributed by atoms with Gasteiger partial charge in [0, 0.05) is 18.7 Å². The van der Waals surface area contributed by atoms with Crippen LogP contribution in [0.3, 0.4) is 0 Å². The van der Waals surface area contributed by atoms with Crippen LogP contribution < -0.4 is 10.1 Å². The van der Waals surface area contributed by atoms with Crippen LogP contribution >= 0.6 is 24.8 Å². The highest BCUT2D eigenvalue weighted by molar-refractivity contribution is 5.93. The third kappa shape index (κ3) is 9.92. The lowest BCUT2D eigenvalue weighted by atomic mass is 9.97. The van der Waals surface area contributed by atoms with Gasteiger partial charge in [0.25, 0.3) is 5.91 Å². The Morgan fingerprint density at radius 2 is 1.83 bits per heavy atom. The standard InChI is InChI=1S/C26H38N4O3.2ClH/c1-4-5-11-24-23(16-25(29-28-24)26(32)27-17-20(31)18-30(2)3)19-12-14-22(15-13-19)33-21-9-7-6-8-10-21;;/h12-16,20-21,31H,4-11,17-18H2,1-3H3,(H,27,32);2*1H/t20-;;/m0../s1. The van der Waals surface area contributed by atoms with Gasteiger partial charge in [0.05, 0.1) is 17.9 Å². The van der Waals surface area contributed by atoms with Crippen molar-refractivity contribution in [3.63, 3.8) is 0 Å². The average Bonchev–Trinajstić information content (AvgIpc) is 2.82. The molecule has 0 radical (unpaired) electrons. The van der Waals surface area contributed by atoms with E-state index in [9.17, 15) is 9.90 Å². The number of benzene rings is 1. The zero-order chi connectivity index (χ0) is 23.6. The molecule has 7 nitrogen and oxygen atoms in total. The molecule has 196 valence electrons. The molecule has 2 aromatic rings. The van der Waals surface area contributed by atoms with Gasteiger partial charge in [0.15, 0.2) is 5.69 Å². The molecule has 9 heteroatoms. The molecule has 1 aromatic heterocycles. The molecule has 0 bridgehead atoms. The molecule has 0 spiro atoms. The first kappa shape index (κ1) is 31.1. The fourth-order valence-corrected chi connectivity index (χ4v) is 4.18. The van der Waals surface area contributed by atoms with E-state index in [2.05, 4.69) is 22.4 Å². The maximum Gasteiger partial charge on any atom is 0.271 e. The number of ether oxygens (including phenoxy) is 1. The zero-order valence-corrected chi connectivity index (χ0v) is 22.7. The van der Waals surface area contributed by atoms with Crippen LogP contribution in [0.2, 0.25) is 0 Å². The third-order valence-corrected chi connectivity index (χ3v) is 5.96. The SMILES string of the molecule is CCCCc1nnc(C(=O)NC[C@H](O)CN(C)C)cc1-c1ccc(OC2CCCCC2)cc1.Cl.Cl. The molecule has 1 aliphatic rings. The molecule has 1 heterocycles. The van der Waals surface area contributed by atoms with Crippen molar-refractivity contribution in [3.05, 3.63) is 41.7 Å². The van der Waals surface area contributed by atoms with Crippen molar-refractivity contribution < 1.29 is 14.6 Å². The summed E-state index contributed by atoms with van der Waals surface area (Å²) in [4.78, 5) is 14.5. The number of unbranched alkanes of at least 4 members (excludes halogenated alkanes) is 1. The highest BCUT2D eigenvalue weighted by Gasteiger charge is 2.17. The summed E-state index contributed by atoms with van der Waals surface area (Å²) in [7, 11) is 3.76. The molecule has 0 saturated heterocycles. The van der Waals surface area contributed by atoms with Gasteiger partial charge in [-0.1, -0.05) is 31.9 Å². The highest BCUT2D eigenvalue weighted by Crippen LogP contribution is 2.28. The van der Waals surface area contributed by atoms with Crippen LogP contribution in [0, 0.1) is 0 Å². The lowest BCUT2D eigenvalue weighted by molar-refractivity contribution is 0.0886. The van der Waals surface area contributed by atoms with Gasteiger partial charge in [-0.2, -0.15) is 5.10 Å². The molecule has 1 atom stereocenters. The molecule has 35 heavy (non-hydrogen) atoms. The van der Waals surface area contributed by atoms with E-state index in [0.717, 1.165) is 54.7 Å². The minimum Gasteiger partial charge on any atom is -0.490 e. The van der Waals surface area contributed by atoms with E-state index in [0.29, 0.717) is 12.6 Å².